The van der Waals surface area contributed by atoms with E-state index in [1.807, 2.05) is 26.0 Å². The first-order valence-corrected chi connectivity index (χ1v) is 7.61. The van der Waals surface area contributed by atoms with Gasteiger partial charge in [0.25, 0.3) is 0 Å². The van der Waals surface area contributed by atoms with Gasteiger partial charge in [-0.15, -0.1) is 0 Å². The highest BCUT2D eigenvalue weighted by atomic mass is 35.5. The average molecular weight is 299 g/mol. The maximum atomic E-state index is 10.6. The third kappa shape index (κ3) is 2.80. The summed E-state index contributed by atoms with van der Waals surface area (Å²) >= 11 is 6.16. The number of methoxy groups -OCH3 is 1. The topological polar surface area (TPSA) is 38.7 Å². The highest BCUT2D eigenvalue weighted by Crippen LogP contribution is 2.35. The van der Waals surface area contributed by atoms with Crippen molar-refractivity contribution in [2.24, 2.45) is 0 Å². The van der Waals surface area contributed by atoms with Gasteiger partial charge in [0.05, 0.1) is 18.3 Å². The minimum atomic E-state index is -0.575. The summed E-state index contributed by atoms with van der Waals surface area (Å²) in [6, 6.07) is 3.84. The monoisotopic (exact) mass is 298 g/mol. The second kappa shape index (κ2) is 6.33. The minimum Gasteiger partial charge on any atom is -0.493 e. The van der Waals surface area contributed by atoms with Gasteiger partial charge < -0.3 is 14.6 Å². The van der Waals surface area contributed by atoms with Gasteiger partial charge in [-0.25, -0.2) is 0 Å². The smallest absolute Gasteiger partial charge is 0.126 e. The number of fused-ring (bicyclic) bond motifs is 1. The van der Waals surface area contributed by atoms with Crippen LogP contribution in [0.2, 0.25) is 5.02 Å². The van der Waals surface area contributed by atoms with Gasteiger partial charge >= 0.3 is 0 Å². The van der Waals surface area contributed by atoms with Crippen molar-refractivity contribution < 1.29 is 14.6 Å². The van der Waals surface area contributed by atoms with E-state index in [1.54, 1.807) is 7.11 Å². The lowest BCUT2D eigenvalue weighted by Gasteiger charge is -2.35. The van der Waals surface area contributed by atoms with Gasteiger partial charge in [0.1, 0.15) is 5.75 Å². The minimum absolute atomic E-state index is 0.498. The van der Waals surface area contributed by atoms with E-state index in [4.69, 9.17) is 21.1 Å². The van der Waals surface area contributed by atoms with E-state index in [0.29, 0.717) is 18.1 Å². The van der Waals surface area contributed by atoms with Crippen LogP contribution in [-0.4, -0.2) is 30.5 Å². The van der Waals surface area contributed by atoms with Crippen molar-refractivity contribution in [2.45, 2.75) is 51.2 Å². The summed E-state index contributed by atoms with van der Waals surface area (Å²) in [6.07, 6.45) is 2.35. The molecule has 0 saturated heterocycles. The Balaban J connectivity index is 2.26. The van der Waals surface area contributed by atoms with Gasteiger partial charge in [0, 0.05) is 25.0 Å². The van der Waals surface area contributed by atoms with Crippen LogP contribution in [0.5, 0.6) is 5.75 Å². The molecule has 0 aliphatic carbocycles. The zero-order valence-electron chi connectivity index (χ0n) is 12.4. The predicted molar refractivity (Wildman–Crippen MR) is 80.7 cm³/mol. The first-order valence-electron chi connectivity index (χ1n) is 7.23. The zero-order valence-corrected chi connectivity index (χ0v) is 13.2. The lowest BCUT2D eigenvalue weighted by Crippen LogP contribution is -2.44. The Kier molecular flexibility index (Phi) is 4.95. The molecule has 1 aliphatic heterocycles. The van der Waals surface area contributed by atoms with Crippen LogP contribution in [0.4, 0.5) is 0 Å². The highest BCUT2D eigenvalue weighted by Gasteiger charge is 2.35. The molecule has 20 heavy (non-hydrogen) atoms. The van der Waals surface area contributed by atoms with Crippen LogP contribution in [0.3, 0.4) is 0 Å². The van der Waals surface area contributed by atoms with Crippen molar-refractivity contribution in [1.29, 1.82) is 0 Å². The van der Waals surface area contributed by atoms with E-state index < -0.39 is 11.7 Å². The molecule has 2 rings (SSSR count). The van der Waals surface area contributed by atoms with Gasteiger partial charge in [-0.2, -0.15) is 0 Å². The van der Waals surface area contributed by atoms with Gasteiger partial charge in [0.15, 0.2) is 0 Å². The second-order valence-electron chi connectivity index (χ2n) is 5.35. The van der Waals surface area contributed by atoms with Crippen molar-refractivity contribution in [1.82, 2.24) is 0 Å². The van der Waals surface area contributed by atoms with Gasteiger partial charge in [-0.3, -0.25) is 0 Å². The van der Waals surface area contributed by atoms with E-state index in [9.17, 15) is 5.11 Å². The third-order valence-corrected chi connectivity index (χ3v) is 4.67. The molecule has 1 aromatic carbocycles. The molecule has 0 fully saturated rings. The van der Waals surface area contributed by atoms with Crippen molar-refractivity contribution in [3.05, 3.63) is 28.3 Å². The Bertz CT molecular complexity index is 461. The molecule has 0 spiro atoms. The molecule has 1 N–H and O–H groups in total. The second-order valence-corrected chi connectivity index (χ2v) is 5.78. The molecule has 112 valence electrons. The maximum absolute atomic E-state index is 10.6. The van der Waals surface area contributed by atoms with Crippen molar-refractivity contribution in [3.8, 4) is 5.75 Å². The van der Waals surface area contributed by atoms with Crippen molar-refractivity contribution in [3.63, 3.8) is 0 Å². The average Bonchev–Trinajstić information content (AvgIpc) is 2.89. The summed E-state index contributed by atoms with van der Waals surface area (Å²) in [5.74, 6) is 0.894. The molecule has 0 saturated carbocycles. The molecular formula is C16H23ClO3. The van der Waals surface area contributed by atoms with Crippen LogP contribution in [0.15, 0.2) is 12.1 Å². The molecule has 1 heterocycles. The van der Waals surface area contributed by atoms with E-state index in [0.717, 1.165) is 36.1 Å². The third-order valence-electron chi connectivity index (χ3n) is 4.45. The van der Waals surface area contributed by atoms with E-state index in [-0.39, 0.29) is 0 Å². The Labute approximate surface area is 125 Å². The van der Waals surface area contributed by atoms with Crippen molar-refractivity contribution in [2.75, 3.05) is 13.7 Å². The molecule has 4 heteroatoms. The molecule has 1 atom stereocenters. The Hall–Kier alpha value is -0.770. The first-order chi connectivity index (χ1) is 9.56. The zero-order chi connectivity index (χ0) is 14.8. The van der Waals surface area contributed by atoms with Crippen LogP contribution in [0.25, 0.3) is 0 Å². The molecule has 3 nitrogen and oxygen atoms in total. The molecule has 0 amide bonds. The van der Waals surface area contributed by atoms with Crippen LogP contribution < -0.4 is 4.74 Å². The number of benzene rings is 1. The Morgan fingerprint density at radius 2 is 2.10 bits per heavy atom. The van der Waals surface area contributed by atoms with Gasteiger partial charge in [-0.1, -0.05) is 25.4 Å². The first kappa shape index (κ1) is 15.6. The number of rotatable bonds is 6. The van der Waals surface area contributed by atoms with Gasteiger partial charge in [0.2, 0.25) is 0 Å². The molecule has 0 bridgehead atoms. The highest BCUT2D eigenvalue weighted by molar-refractivity contribution is 6.30. The van der Waals surface area contributed by atoms with Crippen LogP contribution >= 0.6 is 11.6 Å². The lowest BCUT2D eigenvalue weighted by molar-refractivity contribution is -0.106. The summed E-state index contributed by atoms with van der Waals surface area (Å²) in [7, 11) is 1.66. The van der Waals surface area contributed by atoms with E-state index in [2.05, 4.69) is 0 Å². The summed E-state index contributed by atoms with van der Waals surface area (Å²) in [4.78, 5) is 0. The SMILES string of the molecule is CCC(CC)(OC)C(O)Cc1cc(Cl)cc2c1OCC2. The fourth-order valence-electron chi connectivity index (χ4n) is 3.04. The number of aliphatic hydroxyl groups is 1. The number of hydrogen-bond acceptors (Lipinski definition) is 3. The van der Waals surface area contributed by atoms with E-state index >= 15 is 0 Å². The van der Waals surface area contributed by atoms with Crippen LogP contribution in [0, 0.1) is 0 Å². The Morgan fingerprint density at radius 1 is 1.40 bits per heavy atom. The fourth-order valence-corrected chi connectivity index (χ4v) is 3.30. The summed E-state index contributed by atoms with van der Waals surface area (Å²) in [5, 5.41) is 11.3. The summed E-state index contributed by atoms with van der Waals surface area (Å²) in [5.41, 5.74) is 1.60. The number of halogens is 1. The maximum Gasteiger partial charge on any atom is 0.126 e. The quantitative estimate of drug-likeness (QED) is 0.875. The summed E-state index contributed by atoms with van der Waals surface area (Å²) in [6.45, 7) is 4.76. The lowest BCUT2D eigenvalue weighted by atomic mass is 9.86. The molecule has 0 radical (unpaired) electrons. The molecule has 1 unspecified atom stereocenters. The Morgan fingerprint density at radius 3 is 2.70 bits per heavy atom. The van der Waals surface area contributed by atoms with Gasteiger partial charge in [-0.05, 0) is 36.1 Å². The largest absolute Gasteiger partial charge is 0.493 e. The number of aliphatic hydroxyl groups excluding tert-OH is 1. The van der Waals surface area contributed by atoms with Crippen LogP contribution in [0.1, 0.15) is 37.8 Å². The molecule has 1 aliphatic rings. The van der Waals surface area contributed by atoms with E-state index in [1.165, 1.54) is 0 Å². The number of ether oxygens (including phenoxy) is 2. The fraction of sp³-hybridized carbons (Fsp3) is 0.625. The van der Waals surface area contributed by atoms with Crippen LogP contribution in [-0.2, 0) is 17.6 Å². The standard InChI is InChI=1S/C16H23ClO3/c1-4-16(5-2,19-3)14(18)10-12-9-13(17)8-11-6-7-20-15(11)12/h8-9,14,18H,4-7,10H2,1-3H3. The molecule has 0 aromatic heterocycles. The predicted octanol–water partition coefficient (Wildman–Crippen LogP) is 3.38. The van der Waals surface area contributed by atoms with Crippen molar-refractivity contribution >= 4 is 11.6 Å². The molecule has 1 aromatic rings. The molecular weight excluding hydrogens is 276 g/mol. The normalized spacial score (nSPS) is 15.8. The number of hydrogen-bond donors (Lipinski definition) is 1. The summed E-state index contributed by atoms with van der Waals surface area (Å²) < 4.78 is 11.3.